The van der Waals surface area contributed by atoms with Crippen molar-refractivity contribution in [2.45, 2.75) is 13.5 Å². The minimum Gasteiger partial charge on any atom is -0.423 e. The molecule has 0 aliphatic carbocycles. The first-order valence-electron chi connectivity index (χ1n) is 6.55. The lowest BCUT2D eigenvalue weighted by molar-refractivity contribution is 0.425. The quantitative estimate of drug-likeness (QED) is 0.812. The number of hydrogen-bond acceptors (Lipinski definition) is 3. The molecule has 2 aromatic carbocycles. The van der Waals surface area contributed by atoms with E-state index < -0.39 is 12.9 Å². The fraction of sp³-hybridized carbons (Fsp3) is 0.200. The lowest BCUT2D eigenvalue weighted by atomic mass is 9.79. The zero-order chi connectivity index (χ0) is 14.5. The fourth-order valence-corrected chi connectivity index (χ4v) is 2.16. The molecule has 2 N–H and O–H groups in total. The maximum absolute atomic E-state index is 13.5. The molecule has 0 saturated carbocycles. The lowest BCUT2D eigenvalue weighted by Gasteiger charge is -2.23. The van der Waals surface area contributed by atoms with Gasteiger partial charge in [0.2, 0.25) is 0 Å². The number of anilines is 1. The van der Waals surface area contributed by atoms with E-state index in [1.165, 1.54) is 6.07 Å². The first-order valence-corrected chi connectivity index (χ1v) is 6.55. The van der Waals surface area contributed by atoms with Crippen LogP contribution in [0.3, 0.4) is 0 Å². The van der Waals surface area contributed by atoms with Gasteiger partial charge >= 0.3 is 7.12 Å². The molecule has 0 bridgehead atoms. The molecule has 104 valence electrons. The maximum Gasteiger partial charge on any atom is 0.488 e. The van der Waals surface area contributed by atoms with Gasteiger partial charge in [-0.1, -0.05) is 24.3 Å². The van der Waals surface area contributed by atoms with Crippen molar-refractivity contribution in [1.82, 2.24) is 0 Å². The minimum absolute atomic E-state index is 0.170. The summed E-state index contributed by atoms with van der Waals surface area (Å²) in [5, 5.41) is 18.3. The Kier molecular flexibility index (Phi) is 4.77. The molecule has 0 spiro atoms. The van der Waals surface area contributed by atoms with Gasteiger partial charge in [0.05, 0.1) is 0 Å². The molecular weight excluding hydrogens is 256 g/mol. The van der Waals surface area contributed by atoms with Crippen LogP contribution < -0.4 is 10.4 Å². The molecule has 0 atom stereocenters. The van der Waals surface area contributed by atoms with Crippen LogP contribution in [-0.2, 0) is 6.54 Å². The second-order valence-corrected chi connectivity index (χ2v) is 4.62. The first-order chi connectivity index (χ1) is 9.60. The van der Waals surface area contributed by atoms with Gasteiger partial charge in [-0.15, -0.1) is 0 Å². The monoisotopic (exact) mass is 273 g/mol. The van der Waals surface area contributed by atoms with Crippen LogP contribution in [0, 0.1) is 5.82 Å². The highest BCUT2D eigenvalue weighted by atomic mass is 19.1. The molecule has 0 amide bonds. The average Bonchev–Trinajstić information content (AvgIpc) is 2.45. The summed E-state index contributed by atoms with van der Waals surface area (Å²) in [4.78, 5) is 2.09. The van der Waals surface area contributed by atoms with Gasteiger partial charge in [0.1, 0.15) is 5.82 Å². The molecule has 3 nitrogen and oxygen atoms in total. The summed E-state index contributed by atoms with van der Waals surface area (Å²) in [7, 11) is -1.66. The third kappa shape index (κ3) is 3.59. The topological polar surface area (TPSA) is 43.7 Å². The van der Waals surface area contributed by atoms with Gasteiger partial charge in [-0.3, -0.25) is 0 Å². The second kappa shape index (κ2) is 6.54. The summed E-state index contributed by atoms with van der Waals surface area (Å²) >= 11 is 0. The third-order valence-electron chi connectivity index (χ3n) is 3.15. The van der Waals surface area contributed by atoms with Gasteiger partial charge < -0.3 is 14.9 Å². The van der Waals surface area contributed by atoms with Crippen LogP contribution in [0.1, 0.15) is 12.5 Å². The molecule has 0 fully saturated rings. The number of rotatable bonds is 5. The van der Waals surface area contributed by atoms with Crippen molar-refractivity contribution in [3.05, 3.63) is 59.9 Å². The number of nitrogens with zero attached hydrogens (tertiary/aromatic N) is 1. The van der Waals surface area contributed by atoms with E-state index in [2.05, 4.69) is 4.90 Å². The fourth-order valence-electron chi connectivity index (χ4n) is 2.16. The van der Waals surface area contributed by atoms with Crippen molar-refractivity contribution in [2.24, 2.45) is 0 Å². The Morgan fingerprint density at radius 2 is 1.80 bits per heavy atom. The summed E-state index contributed by atoms with van der Waals surface area (Å²) < 4.78 is 13.5. The van der Waals surface area contributed by atoms with Crippen LogP contribution in [0.2, 0.25) is 0 Å². The molecule has 0 aliphatic rings. The van der Waals surface area contributed by atoms with Gasteiger partial charge in [-0.2, -0.15) is 0 Å². The highest BCUT2D eigenvalue weighted by Crippen LogP contribution is 2.16. The van der Waals surface area contributed by atoms with Crippen LogP contribution in [0.5, 0.6) is 0 Å². The molecule has 5 heteroatoms. The van der Waals surface area contributed by atoms with Crippen LogP contribution in [-0.4, -0.2) is 23.7 Å². The zero-order valence-corrected chi connectivity index (χ0v) is 11.3. The molecule has 0 saturated heterocycles. The first kappa shape index (κ1) is 14.6. The summed E-state index contributed by atoms with van der Waals surface area (Å²) in [5.74, 6) is -0.463. The van der Waals surface area contributed by atoms with E-state index >= 15 is 0 Å². The van der Waals surface area contributed by atoms with Crippen molar-refractivity contribution in [2.75, 3.05) is 11.4 Å². The van der Waals surface area contributed by atoms with Gasteiger partial charge in [0, 0.05) is 18.8 Å². The van der Waals surface area contributed by atoms with Crippen LogP contribution in [0.4, 0.5) is 10.1 Å². The molecule has 0 unspecified atom stereocenters. The SMILES string of the molecule is CCN(Cc1cc(F)cc(B(O)O)c1)c1ccccc1. The molecule has 2 aromatic rings. The molecule has 0 aromatic heterocycles. The number of para-hydroxylation sites is 1. The zero-order valence-electron chi connectivity index (χ0n) is 11.3. The van der Waals surface area contributed by atoms with Crippen LogP contribution in [0.15, 0.2) is 48.5 Å². The Bertz CT molecular complexity index is 563. The number of halogens is 1. The van der Waals surface area contributed by atoms with E-state index in [4.69, 9.17) is 10.0 Å². The van der Waals surface area contributed by atoms with Crippen LogP contribution in [0.25, 0.3) is 0 Å². The predicted octanol–water partition coefficient (Wildman–Crippen LogP) is 1.53. The summed E-state index contributed by atoms with van der Waals surface area (Å²) in [5.41, 5.74) is 1.92. The predicted molar refractivity (Wildman–Crippen MR) is 79.4 cm³/mol. The van der Waals surface area contributed by atoms with Crippen molar-refractivity contribution < 1.29 is 14.4 Å². The summed E-state index contributed by atoms with van der Waals surface area (Å²) in [6.07, 6.45) is 0. The van der Waals surface area contributed by atoms with Crippen molar-refractivity contribution in [3.8, 4) is 0 Å². The Labute approximate surface area is 118 Å². The molecule has 2 rings (SSSR count). The van der Waals surface area contributed by atoms with Crippen LogP contribution >= 0.6 is 0 Å². The van der Waals surface area contributed by atoms with E-state index in [9.17, 15) is 4.39 Å². The summed E-state index contributed by atoms with van der Waals surface area (Å²) in [6, 6.07) is 14.0. The van der Waals surface area contributed by atoms with E-state index in [0.29, 0.717) is 12.1 Å². The third-order valence-corrected chi connectivity index (χ3v) is 3.15. The number of benzene rings is 2. The lowest BCUT2D eigenvalue weighted by Crippen LogP contribution is -2.31. The Morgan fingerprint density at radius 1 is 1.10 bits per heavy atom. The van der Waals surface area contributed by atoms with Gasteiger partial charge in [0.15, 0.2) is 0 Å². The minimum atomic E-state index is -1.66. The van der Waals surface area contributed by atoms with Crippen molar-refractivity contribution in [3.63, 3.8) is 0 Å². The molecule has 0 aliphatic heterocycles. The van der Waals surface area contributed by atoms with E-state index in [1.807, 2.05) is 37.3 Å². The van der Waals surface area contributed by atoms with Gasteiger partial charge in [-0.05, 0) is 42.2 Å². The molecule has 20 heavy (non-hydrogen) atoms. The largest absolute Gasteiger partial charge is 0.488 e. The van der Waals surface area contributed by atoms with Gasteiger partial charge in [-0.25, -0.2) is 4.39 Å². The highest BCUT2D eigenvalue weighted by molar-refractivity contribution is 6.58. The second-order valence-electron chi connectivity index (χ2n) is 4.62. The smallest absolute Gasteiger partial charge is 0.423 e. The van der Waals surface area contributed by atoms with Crippen molar-refractivity contribution in [1.29, 1.82) is 0 Å². The molecule has 0 heterocycles. The summed E-state index contributed by atoms with van der Waals surface area (Å²) in [6.45, 7) is 3.31. The Morgan fingerprint density at radius 3 is 2.40 bits per heavy atom. The Hall–Kier alpha value is -1.85. The standard InChI is InChI=1S/C15H17BFNO2/c1-2-18(15-6-4-3-5-7-15)11-12-8-13(16(19)20)10-14(17)9-12/h3-10,19-20H,2,11H2,1H3. The van der Waals surface area contributed by atoms with Gasteiger partial charge in [0.25, 0.3) is 0 Å². The van der Waals surface area contributed by atoms with E-state index in [1.54, 1.807) is 6.07 Å². The highest BCUT2D eigenvalue weighted by Gasteiger charge is 2.14. The maximum atomic E-state index is 13.5. The normalized spacial score (nSPS) is 10.4. The van der Waals surface area contributed by atoms with E-state index in [0.717, 1.165) is 18.3 Å². The Balaban J connectivity index is 2.24. The molecular formula is C15H17BFNO2. The van der Waals surface area contributed by atoms with Crippen molar-refractivity contribution >= 4 is 18.3 Å². The average molecular weight is 273 g/mol. The number of hydrogen-bond donors (Lipinski definition) is 2. The van der Waals surface area contributed by atoms with E-state index in [-0.39, 0.29) is 5.46 Å². The molecule has 0 radical (unpaired) electrons.